The van der Waals surface area contributed by atoms with E-state index in [4.69, 9.17) is 6.42 Å². The van der Waals surface area contributed by atoms with Crippen molar-refractivity contribution in [2.45, 2.75) is 32.4 Å². The van der Waals surface area contributed by atoms with Gasteiger partial charge in [-0.25, -0.2) is 0 Å². The standard InChI is InChI=1S/C16H22N2/c1-3-10-18-11-8-16(9-12-18)17-13-15-7-5-4-6-14(15)2/h1,4-7,16-17H,8-13H2,2H3. The minimum Gasteiger partial charge on any atom is -0.310 e. The second-order valence-electron chi connectivity index (χ2n) is 5.06. The predicted octanol–water partition coefficient (Wildman–Crippen LogP) is 2.18. The maximum atomic E-state index is 5.34. The number of aryl methyl sites for hydroxylation is 1. The first-order chi connectivity index (χ1) is 8.79. The molecule has 1 aromatic rings. The zero-order valence-corrected chi connectivity index (χ0v) is 11.2. The van der Waals surface area contributed by atoms with Crippen LogP contribution in [0.15, 0.2) is 24.3 Å². The summed E-state index contributed by atoms with van der Waals surface area (Å²) in [5.41, 5.74) is 2.78. The molecule has 0 amide bonds. The molecule has 1 saturated heterocycles. The van der Waals surface area contributed by atoms with Crippen LogP contribution in [0.4, 0.5) is 0 Å². The van der Waals surface area contributed by atoms with Crippen LogP contribution >= 0.6 is 0 Å². The van der Waals surface area contributed by atoms with Gasteiger partial charge in [0, 0.05) is 25.7 Å². The highest BCUT2D eigenvalue weighted by molar-refractivity contribution is 5.25. The number of rotatable bonds is 4. The van der Waals surface area contributed by atoms with Crippen molar-refractivity contribution in [2.24, 2.45) is 0 Å². The molecule has 1 aromatic carbocycles. The smallest absolute Gasteiger partial charge is 0.0598 e. The Hall–Kier alpha value is -1.30. The first kappa shape index (κ1) is 13.1. The summed E-state index contributed by atoms with van der Waals surface area (Å²) < 4.78 is 0. The third kappa shape index (κ3) is 3.60. The highest BCUT2D eigenvalue weighted by Crippen LogP contribution is 2.12. The van der Waals surface area contributed by atoms with E-state index in [0.29, 0.717) is 6.04 Å². The van der Waals surface area contributed by atoms with Gasteiger partial charge in [0.15, 0.2) is 0 Å². The molecule has 0 radical (unpaired) electrons. The maximum absolute atomic E-state index is 5.34. The normalized spacial score (nSPS) is 17.6. The zero-order chi connectivity index (χ0) is 12.8. The van der Waals surface area contributed by atoms with Gasteiger partial charge >= 0.3 is 0 Å². The topological polar surface area (TPSA) is 15.3 Å². The van der Waals surface area contributed by atoms with Crippen molar-refractivity contribution in [3.05, 3.63) is 35.4 Å². The third-order valence-corrected chi connectivity index (χ3v) is 3.74. The first-order valence-corrected chi connectivity index (χ1v) is 6.73. The van der Waals surface area contributed by atoms with E-state index >= 15 is 0 Å². The maximum Gasteiger partial charge on any atom is 0.0598 e. The summed E-state index contributed by atoms with van der Waals surface area (Å²) in [4.78, 5) is 2.35. The molecular weight excluding hydrogens is 220 g/mol. The van der Waals surface area contributed by atoms with Crippen molar-refractivity contribution in [1.29, 1.82) is 0 Å². The lowest BCUT2D eigenvalue weighted by Gasteiger charge is -2.31. The van der Waals surface area contributed by atoms with Gasteiger partial charge in [0.05, 0.1) is 6.54 Å². The number of terminal acetylenes is 1. The lowest BCUT2D eigenvalue weighted by molar-refractivity contribution is 0.217. The Labute approximate surface area is 110 Å². The lowest BCUT2D eigenvalue weighted by Crippen LogP contribution is -2.42. The van der Waals surface area contributed by atoms with Gasteiger partial charge in [-0.1, -0.05) is 30.2 Å². The largest absolute Gasteiger partial charge is 0.310 e. The van der Waals surface area contributed by atoms with Gasteiger partial charge in [0.25, 0.3) is 0 Å². The van der Waals surface area contributed by atoms with Crippen molar-refractivity contribution in [3.8, 4) is 12.3 Å². The molecule has 0 spiro atoms. The number of likely N-dealkylation sites (tertiary alicyclic amines) is 1. The van der Waals surface area contributed by atoms with Crippen molar-refractivity contribution < 1.29 is 0 Å². The van der Waals surface area contributed by atoms with E-state index in [0.717, 1.165) is 26.2 Å². The van der Waals surface area contributed by atoms with Crippen LogP contribution in [0, 0.1) is 19.3 Å². The van der Waals surface area contributed by atoms with Crippen LogP contribution in [-0.4, -0.2) is 30.6 Å². The fourth-order valence-corrected chi connectivity index (χ4v) is 2.49. The van der Waals surface area contributed by atoms with E-state index in [1.54, 1.807) is 0 Å². The predicted molar refractivity (Wildman–Crippen MR) is 76.3 cm³/mol. The van der Waals surface area contributed by atoms with Gasteiger partial charge in [0.2, 0.25) is 0 Å². The summed E-state index contributed by atoms with van der Waals surface area (Å²) in [6.45, 7) is 6.19. The molecule has 0 saturated carbocycles. The molecule has 0 atom stereocenters. The van der Waals surface area contributed by atoms with Crippen LogP contribution in [-0.2, 0) is 6.54 Å². The summed E-state index contributed by atoms with van der Waals surface area (Å²) in [7, 11) is 0. The number of hydrogen-bond donors (Lipinski definition) is 1. The molecule has 1 N–H and O–H groups in total. The molecule has 1 aliphatic rings. The molecule has 1 aliphatic heterocycles. The van der Waals surface area contributed by atoms with Gasteiger partial charge in [-0.15, -0.1) is 6.42 Å². The monoisotopic (exact) mass is 242 g/mol. The number of piperidine rings is 1. The van der Waals surface area contributed by atoms with E-state index in [9.17, 15) is 0 Å². The van der Waals surface area contributed by atoms with Crippen LogP contribution in [0.25, 0.3) is 0 Å². The van der Waals surface area contributed by atoms with Gasteiger partial charge in [-0.3, -0.25) is 4.90 Å². The summed E-state index contributed by atoms with van der Waals surface area (Å²) in [6, 6.07) is 9.22. The Kier molecular flexibility index (Phi) is 4.81. The number of nitrogens with zero attached hydrogens (tertiary/aromatic N) is 1. The van der Waals surface area contributed by atoms with Crippen LogP contribution < -0.4 is 5.32 Å². The van der Waals surface area contributed by atoms with E-state index in [1.165, 1.54) is 24.0 Å². The van der Waals surface area contributed by atoms with Crippen molar-refractivity contribution >= 4 is 0 Å². The quantitative estimate of drug-likeness (QED) is 0.814. The molecule has 2 nitrogen and oxygen atoms in total. The molecule has 18 heavy (non-hydrogen) atoms. The second kappa shape index (κ2) is 6.58. The lowest BCUT2D eigenvalue weighted by atomic mass is 10.0. The Morgan fingerprint density at radius 1 is 1.33 bits per heavy atom. The van der Waals surface area contributed by atoms with E-state index in [2.05, 4.69) is 47.3 Å². The summed E-state index contributed by atoms with van der Waals surface area (Å²) in [5, 5.41) is 3.66. The Balaban J connectivity index is 1.76. The minimum atomic E-state index is 0.638. The van der Waals surface area contributed by atoms with Gasteiger partial charge in [-0.2, -0.15) is 0 Å². The molecule has 0 unspecified atom stereocenters. The molecule has 0 aliphatic carbocycles. The van der Waals surface area contributed by atoms with Crippen LogP contribution in [0.2, 0.25) is 0 Å². The molecule has 0 bridgehead atoms. The molecule has 0 aromatic heterocycles. The Bertz CT molecular complexity index is 411. The van der Waals surface area contributed by atoms with Crippen molar-refractivity contribution in [3.63, 3.8) is 0 Å². The average Bonchev–Trinajstić information content (AvgIpc) is 2.40. The van der Waals surface area contributed by atoms with E-state index in [-0.39, 0.29) is 0 Å². The fourth-order valence-electron chi connectivity index (χ4n) is 2.49. The highest BCUT2D eigenvalue weighted by atomic mass is 15.1. The molecular formula is C16H22N2. The summed E-state index contributed by atoms with van der Waals surface area (Å²) in [6.07, 6.45) is 7.74. The third-order valence-electron chi connectivity index (χ3n) is 3.74. The molecule has 96 valence electrons. The molecule has 2 rings (SSSR count). The summed E-state index contributed by atoms with van der Waals surface area (Å²) >= 11 is 0. The van der Waals surface area contributed by atoms with E-state index < -0.39 is 0 Å². The molecule has 1 fully saturated rings. The van der Waals surface area contributed by atoms with E-state index in [1.807, 2.05) is 0 Å². The Morgan fingerprint density at radius 3 is 2.72 bits per heavy atom. The number of nitrogens with one attached hydrogen (secondary N) is 1. The van der Waals surface area contributed by atoms with Gasteiger partial charge in [-0.05, 0) is 30.9 Å². The molecule has 1 heterocycles. The average molecular weight is 242 g/mol. The zero-order valence-electron chi connectivity index (χ0n) is 11.2. The minimum absolute atomic E-state index is 0.638. The second-order valence-corrected chi connectivity index (χ2v) is 5.06. The van der Waals surface area contributed by atoms with Crippen molar-refractivity contribution in [1.82, 2.24) is 10.2 Å². The van der Waals surface area contributed by atoms with Crippen LogP contribution in [0.3, 0.4) is 0 Å². The Morgan fingerprint density at radius 2 is 2.06 bits per heavy atom. The van der Waals surface area contributed by atoms with Crippen LogP contribution in [0.5, 0.6) is 0 Å². The SMILES string of the molecule is C#CCN1CCC(NCc2ccccc2C)CC1. The fraction of sp³-hybridized carbons (Fsp3) is 0.500. The number of hydrogen-bond acceptors (Lipinski definition) is 2. The summed E-state index contributed by atoms with van der Waals surface area (Å²) in [5.74, 6) is 2.72. The van der Waals surface area contributed by atoms with Crippen molar-refractivity contribution in [2.75, 3.05) is 19.6 Å². The van der Waals surface area contributed by atoms with Gasteiger partial charge < -0.3 is 5.32 Å². The highest BCUT2D eigenvalue weighted by Gasteiger charge is 2.17. The first-order valence-electron chi connectivity index (χ1n) is 6.73. The number of benzene rings is 1. The molecule has 2 heteroatoms. The van der Waals surface area contributed by atoms with Gasteiger partial charge in [0.1, 0.15) is 0 Å². The van der Waals surface area contributed by atoms with Crippen LogP contribution in [0.1, 0.15) is 24.0 Å².